The Kier molecular flexibility index (Phi) is 7.23. The van der Waals surface area contributed by atoms with Crippen molar-refractivity contribution in [1.29, 1.82) is 0 Å². The van der Waals surface area contributed by atoms with Gasteiger partial charge in [0.2, 0.25) is 5.91 Å². The molecule has 0 aliphatic heterocycles. The SMILES string of the molecule is CCC(CO)(CO)NC(=O)COCCN. The molecule has 0 saturated carbocycles. The number of hydrogen-bond donors (Lipinski definition) is 4. The van der Waals surface area contributed by atoms with E-state index in [1.165, 1.54) is 0 Å². The molecule has 1 amide bonds. The van der Waals surface area contributed by atoms with Crippen LogP contribution in [0, 0.1) is 0 Å². The first-order chi connectivity index (χ1) is 7.14. The number of nitrogens with one attached hydrogen (secondary N) is 1. The highest BCUT2D eigenvalue weighted by molar-refractivity contribution is 5.78. The first-order valence-corrected chi connectivity index (χ1v) is 4.94. The second kappa shape index (κ2) is 7.58. The molecule has 6 heteroatoms. The van der Waals surface area contributed by atoms with E-state index in [4.69, 9.17) is 20.7 Å². The Morgan fingerprint density at radius 3 is 2.47 bits per heavy atom. The van der Waals surface area contributed by atoms with Crippen molar-refractivity contribution < 1.29 is 19.7 Å². The lowest BCUT2D eigenvalue weighted by Crippen LogP contribution is -2.54. The molecule has 0 bridgehead atoms. The maximum Gasteiger partial charge on any atom is 0.246 e. The van der Waals surface area contributed by atoms with Gasteiger partial charge in [-0.2, -0.15) is 0 Å². The first-order valence-electron chi connectivity index (χ1n) is 4.94. The van der Waals surface area contributed by atoms with Crippen molar-refractivity contribution in [3.8, 4) is 0 Å². The van der Waals surface area contributed by atoms with Crippen molar-refractivity contribution in [3.05, 3.63) is 0 Å². The zero-order valence-electron chi connectivity index (χ0n) is 9.03. The summed E-state index contributed by atoms with van der Waals surface area (Å²) in [5.74, 6) is -0.367. The quantitative estimate of drug-likeness (QED) is 0.362. The molecule has 90 valence electrons. The van der Waals surface area contributed by atoms with Gasteiger partial charge in [-0.25, -0.2) is 0 Å². The van der Waals surface area contributed by atoms with Gasteiger partial charge >= 0.3 is 0 Å². The highest BCUT2D eigenvalue weighted by Crippen LogP contribution is 2.07. The molecule has 0 aromatic rings. The molecule has 0 rings (SSSR count). The van der Waals surface area contributed by atoms with Crippen molar-refractivity contribution in [2.24, 2.45) is 5.73 Å². The zero-order chi connectivity index (χ0) is 11.7. The molecule has 0 unspecified atom stereocenters. The summed E-state index contributed by atoms with van der Waals surface area (Å²) in [5, 5.41) is 20.7. The van der Waals surface area contributed by atoms with E-state index in [9.17, 15) is 4.79 Å². The van der Waals surface area contributed by atoms with E-state index in [-0.39, 0.29) is 25.7 Å². The fourth-order valence-electron chi connectivity index (χ4n) is 1.02. The Bertz CT molecular complexity index is 175. The van der Waals surface area contributed by atoms with Crippen LogP contribution in [0.3, 0.4) is 0 Å². The minimum atomic E-state index is -0.955. The third-order valence-electron chi connectivity index (χ3n) is 2.18. The fraction of sp³-hybridized carbons (Fsp3) is 0.889. The van der Waals surface area contributed by atoms with Crippen molar-refractivity contribution in [2.75, 3.05) is 33.0 Å². The van der Waals surface area contributed by atoms with Gasteiger partial charge in [0.1, 0.15) is 6.61 Å². The molecule has 0 aromatic heterocycles. The molecular weight excluding hydrogens is 200 g/mol. The lowest BCUT2D eigenvalue weighted by atomic mass is 9.98. The molecule has 0 spiro atoms. The van der Waals surface area contributed by atoms with E-state index in [2.05, 4.69) is 5.32 Å². The van der Waals surface area contributed by atoms with Crippen molar-refractivity contribution >= 4 is 5.91 Å². The number of ether oxygens (including phenoxy) is 1. The average molecular weight is 220 g/mol. The Morgan fingerprint density at radius 2 is 2.07 bits per heavy atom. The van der Waals surface area contributed by atoms with E-state index >= 15 is 0 Å². The number of amides is 1. The minimum absolute atomic E-state index is 0.112. The molecule has 0 aliphatic carbocycles. The maximum absolute atomic E-state index is 11.3. The minimum Gasteiger partial charge on any atom is -0.394 e. The molecule has 0 atom stereocenters. The molecular formula is C9H20N2O4. The Morgan fingerprint density at radius 1 is 1.47 bits per heavy atom. The Labute approximate surface area is 89.4 Å². The van der Waals surface area contributed by atoms with E-state index in [0.717, 1.165) is 0 Å². The van der Waals surface area contributed by atoms with E-state index in [0.29, 0.717) is 19.6 Å². The number of nitrogens with two attached hydrogens (primary N) is 1. The maximum atomic E-state index is 11.3. The van der Waals surface area contributed by atoms with Crippen LogP contribution in [0.1, 0.15) is 13.3 Å². The number of aliphatic hydroxyl groups excluding tert-OH is 2. The predicted octanol–water partition coefficient (Wildman–Crippen LogP) is -1.79. The monoisotopic (exact) mass is 220 g/mol. The first kappa shape index (κ1) is 14.3. The largest absolute Gasteiger partial charge is 0.394 e. The van der Waals surface area contributed by atoms with Gasteiger partial charge in [-0.15, -0.1) is 0 Å². The second-order valence-corrected chi connectivity index (χ2v) is 3.34. The highest BCUT2D eigenvalue weighted by Gasteiger charge is 2.28. The van der Waals surface area contributed by atoms with Gasteiger partial charge in [0.15, 0.2) is 0 Å². The summed E-state index contributed by atoms with van der Waals surface area (Å²) in [4.78, 5) is 11.3. The third kappa shape index (κ3) is 5.08. The van der Waals surface area contributed by atoms with Crippen LogP contribution >= 0.6 is 0 Å². The number of carbonyl (C=O) groups excluding carboxylic acids is 1. The van der Waals surface area contributed by atoms with Gasteiger partial charge in [-0.1, -0.05) is 6.92 Å². The number of rotatable bonds is 8. The lowest BCUT2D eigenvalue weighted by molar-refractivity contribution is -0.129. The summed E-state index contributed by atoms with van der Waals surface area (Å²) >= 11 is 0. The molecule has 0 fully saturated rings. The molecule has 0 aromatic carbocycles. The summed E-state index contributed by atoms with van der Waals surface area (Å²) in [6, 6.07) is 0. The van der Waals surface area contributed by atoms with E-state index in [1.807, 2.05) is 0 Å². The Balaban J connectivity index is 4.00. The zero-order valence-corrected chi connectivity index (χ0v) is 9.03. The molecule has 5 N–H and O–H groups in total. The molecule has 15 heavy (non-hydrogen) atoms. The van der Waals surface area contributed by atoms with Gasteiger partial charge in [0.05, 0.1) is 25.4 Å². The van der Waals surface area contributed by atoms with Crippen LogP contribution < -0.4 is 11.1 Å². The van der Waals surface area contributed by atoms with E-state index in [1.54, 1.807) is 6.92 Å². The van der Waals surface area contributed by atoms with E-state index < -0.39 is 5.54 Å². The molecule has 0 radical (unpaired) electrons. The summed E-state index contributed by atoms with van der Waals surface area (Å²) in [5.41, 5.74) is 4.23. The van der Waals surface area contributed by atoms with Crippen molar-refractivity contribution in [2.45, 2.75) is 18.9 Å². The Hall–Kier alpha value is -0.690. The molecule has 0 heterocycles. The number of aliphatic hydroxyl groups is 2. The van der Waals surface area contributed by atoms with Crippen LogP contribution in [-0.4, -0.2) is 54.6 Å². The third-order valence-corrected chi connectivity index (χ3v) is 2.18. The van der Waals surface area contributed by atoms with Crippen LogP contribution in [0.4, 0.5) is 0 Å². The van der Waals surface area contributed by atoms with Gasteiger partial charge < -0.3 is 26.0 Å². The molecule has 0 saturated heterocycles. The van der Waals surface area contributed by atoms with Crippen LogP contribution in [0.5, 0.6) is 0 Å². The van der Waals surface area contributed by atoms with Crippen LogP contribution in [-0.2, 0) is 9.53 Å². The number of carbonyl (C=O) groups is 1. The van der Waals surface area contributed by atoms with Gasteiger partial charge in [0, 0.05) is 6.54 Å². The predicted molar refractivity (Wildman–Crippen MR) is 55.2 cm³/mol. The summed E-state index contributed by atoms with van der Waals surface area (Å²) in [6.45, 7) is 1.72. The topological polar surface area (TPSA) is 105 Å². The highest BCUT2D eigenvalue weighted by atomic mass is 16.5. The smallest absolute Gasteiger partial charge is 0.246 e. The van der Waals surface area contributed by atoms with Gasteiger partial charge in [0.25, 0.3) is 0 Å². The van der Waals surface area contributed by atoms with Crippen molar-refractivity contribution in [1.82, 2.24) is 5.32 Å². The second-order valence-electron chi connectivity index (χ2n) is 3.34. The summed E-state index contributed by atoms with van der Waals surface area (Å²) in [6.07, 6.45) is 0.447. The van der Waals surface area contributed by atoms with Crippen LogP contribution in [0.15, 0.2) is 0 Å². The average Bonchev–Trinajstić information content (AvgIpc) is 2.26. The fourth-order valence-corrected chi connectivity index (χ4v) is 1.02. The van der Waals surface area contributed by atoms with Gasteiger partial charge in [-0.3, -0.25) is 4.79 Å². The van der Waals surface area contributed by atoms with Crippen LogP contribution in [0.25, 0.3) is 0 Å². The number of hydrogen-bond acceptors (Lipinski definition) is 5. The lowest BCUT2D eigenvalue weighted by Gasteiger charge is -2.29. The summed E-state index contributed by atoms with van der Waals surface area (Å²) < 4.78 is 4.92. The summed E-state index contributed by atoms with van der Waals surface area (Å²) in [7, 11) is 0. The molecule has 6 nitrogen and oxygen atoms in total. The standard InChI is InChI=1S/C9H20N2O4/c1-2-9(6-12,7-13)11-8(14)5-15-4-3-10/h12-13H,2-7,10H2,1H3,(H,11,14). The van der Waals surface area contributed by atoms with Gasteiger partial charge in [-0.05, 0) is 6.42 Å². The van der Waals surface area contributed by atoms with Crippen LogP contribution in [0.2, 0.25) is 0 Å². The normalized spacial score (nSPS) is 11.5. The molecule has 0 aliphatic rings. The van der Waals surface area contributed by atoms with Crippen molar-refractivity contribution in [3.63, 3.8) is 0 Å².